The van der Waals surface area contributed by atoms with Crippen molar-refractivity contribution in [3.8, 4) is 5.75 Å². The highest BCUT2D eigenvalue weighted by atomic mass is 16.6. The molecule has 1 N–H and O–H groups in total. The fourth-order valence-electron chi connectivity index (χ4n) is 2.18. The lowest BCUT2D eigenvalue weighted by Crippen LogP contribution is -2.27. The number of amides is 1. The molecule has 0 bridgehead atoms. The Morgan fingerprint density at radius 1 is 1.11 bits per heavy atom. The Hall–Kier alpha value is -3.22. The maximum absolute atomic E-state index is 12.3. The molecule has 1 amide bonds. The van der Waals surface area contributed by atoms with Gasteiger partial charge in [-0.2, -0.15) is 0 Å². The molecule has 2 aromatic carbocycles. The van der Waals surface area contributed by atoms with Crippen molar-refractivity contribution in [2.24, 2.45) is 5.41 Å². The number of rotatable bonds is 6. The van der Waals surface area contributed by atoms with Gasteiger partial charge in [-0.25, -0.2) is 0 Å². The van der Waals surface area contributed by atoms with Crippen molar-refractivity contribution < 1.29 is 19.2 Å². The van der Waals surface area contributed by atoms with Crippen LogP contribution in [0, 0.1) is 22.5 Å². The third-order valence-corrected chi connectivity index (χ3v) is 3.82. The number of aryl methyl sites for hydroxylation is 1. The number of carbonyl (C=O) groups excluding carboxylic acids is 2. The summed E-state index contributed by atoms with van der Waals surface area (Å²) >= 11 is 0. The first-order valence-corrected chi connectivity index (χ1v) is 8.40. The number of hydrogen-bond donors (Lipinski definition) is 1. The Morgan fingerprint density at radius 3 is 2.30 bits per heavy atom. The molecule has 7 heteroatoms. The van der Waals surface area contributed by atoms with Gasteiger partial charge < -0.3 is 10.1 Å². The first kappa shape index (κ1) is 20.1. The van der Waals surface area contributed by atoms with Gasteiger partial charge in [-0.15, -0.1) is 0 Å². The van der Waals surface area contributed by atoms with Gasteiger partial charge in [-0.1, -0.05) is 26.8 Å². The number of ketones is 1. The van der Waals surface area contributed by atoms with Crippen LogP contribution < -0.4 is 10.1 Å². The monoisotopic (exact) mass is 370 g/mol. The number of benzene rings is 2. The van der Waals surface area contributed by atoms with Crippen molar-refractivity contribution in [1.82, 2.24) is 0 Å². The van der Waals surface area contributed by atoms with E-state index in [4.69, 9.17) is 4.74 Å². The predicted molar refractivity (Wildman–Crippen MR) is 102 cm³/mol. The minimum Gasteiger partial charge on any atom is -0.478 e. The van der Waals surface area contributed by atoms with Crippen LogP contribution in [0.15, 0.2) is 42.5 Å². The minimum atomic E-state index is -0.542. The van der Waals surface area contributed by atoms with Crippen molar-refractivity contribution in [3.05, 3.63) is 63.7 Å². The molecule has 0 fully saturated rings. The molecule has 7 nitrogen and oxygen atoms in total. The van der Waals surface area contributed by atoms with E-state index in [1.165, 1.54) is 12.1 Å². The standard InChI is InChI=1S/C20H22N2O5/c1-13-5-10-18(16(11-13)22(25)26)27-12-17(23)14-6-8-15(9-7-14)21-19(24)20(2,3)4/h5-11H,12H2,1-4H3,(H,21,24). The average Bonchev–Trinajstić information content (AvgIpc) is 2.60. The molecule has 0 aromatic heterocycles. The largest absolute Gasteiger partial charge is 0.478 e. The molecule has 0 spiro atoms. The molecule has 0 heterocycles. The second kappa shape index (κ2) is 7.99. The zero-order chi connectivity index (χ0) is 20.2. The van der Waals surface area contributed by atoms with E-state index < -0.39 is 10.3 Å². The van der Waals surface area contributed by atoms with Gasteiger partial charge in [0, 0.05) is 22.7 Å². The number of hydrogen-bond acceptors (Lipinski definition) is 5. The number of nitro groups is 1. The van der Waals surface area contributed by atoms with Crippen LogP contribution in [0.5, 0.6) is 5.75 Å². The van der Waals surface area contributed by atoms with Gasteiger partial charge in [0.1, 0.15) is 0 Å². The van der Waals surface area contributed by atoms with Gasteiger partial charge in [-0.3, -0.25) is 19.7 Å². The summed E-state index contributed by atoms with van der Waals surface area (Å²) in [5.74, 6) is -0.400. The van der Waals surface area contributed by atoms with Crippen LogP contribution >= 0.6 is 0 Å². The Bertz CT molecular complexity index is 867. The molecular weight excluding hydrogens is 348 g/mol. The van der Waals surface area contributed by atoms with Crippen molar-refractivity contribution in [1.29, 1.82) is 0 Å². The van der Waals surface area contributed by atoms with Gasteiger partial charge in [0.15, 0.2) is 18.1 Å². The van der Waals surface area contributed by atoms with Gasteiger partial charge in [-0.05, 0) is 42.8 Å². The lowest BCUT2D eigenvalue weighted by molar-refractivity contribution is -0.385. The van der Waals surface area contributed by atoms with Gasteiger partial charge in [0.05, 0.1) is 4.92 Å². The Kier molecular flexibility index (Phi) is 5.95. The third-order valence-electron chi connectivity index (χ3n) is 3.82. The molecule has 2 rings (SSSR count). The number of ether oxygens (including phenoxy) is 1. The molecule has 2 aromatic rings. The van der Waals surface area contributed by atoms with Crippen LogP contribution in [-0.4, -0.2) is 23.2 Å². The molecular formula is C20H22N2O5. The SMILES string of the molecule is Cc1ccc(OCC(=O)c2ccc(NC(=O)C(C)(C)C)cc2)c([N+](=O)[O-])c1. The maximum Gasteiger partial charge on any atom is 0.311 e. The highest BCUT2D eigenvalue weighted by Crippen LogP contribution is 2.28. The lowest BCUT2D eigenvalue weighted by Gasteiger charge is -2.17. The Labute approximate surface area is 157 Å². The van der Waals surface area contributed by atoms with Crippen molar-refractivity contribution in [3.63, 3.8) is 0 Å². The number of Topliss-reactive ketones (excluding diaryl/α,β-unsaturated/α-hetero) is 1. The van der Waals surface area contributed by atoms with Crippen molar-refractivity contribution >= 4 is 23.1 Å². The summed E-state index contributed by atoms with van der Waals surface area (Å²) in [6.07, 6.45) is 0. The second-order valence-corrected chi connectivity index (χ2v) is 7.22. The minimum absolute atomic E-state index is 0.0491. The quantitative estimate of drug-likeness (QED) is 0.468. The predicted octanol–water partition coefficient (Wildman–Crippen LogP) is 4.15. The average molecular weight is 370 g/mol. The summed E-state index contributed by atoms with van der Waals surface area (Å²) in [7, 11) is 0. The summed E-state index contributed by atoms with van der Waals surface area (Å²) in [6.45, 7) is 6.84. The Morgan fingerprint density at radius 2 is 1.74 bits per heavy atom. The normalized spacial score (nSPS) is 11.0. The second-order valence-electron chi connectivity index (χ2n) is 7.22. The zero-order valence-electron chi connectivity index (χ0n) is 15.7. The van der Waals surface area contributed by atoms with E-state index >= 15 is 0 Å². The summed E-state index contributed by atoms with van der Waals surface area (Å²) in [5, 5.41) is 13.9. The molecule has 27 heavy (non-hydrogen) atoms. The maximum atomic E-state index is 12.3. The summed E-state index contributed by atoms with van der Waals surface area (Å²) in [6, 6.07) is 11.0. The highest BCUT2D eigenvalue weighted by molar-refractivity contribution is 5.98. The number of nitrogens with zero attached hydrogens (tertiary/aromatic N) is 1. The topological polar surface area (TPSA) is 98.5 Å². The van der Waals surface area contributed by atoms with Crippen LogP contribution in [0.4, 0.5) is 11.4 Å². The molecule has 0 atom stereocenters. The smallest absolute Gasteiger partial charge is 0.311 e. The third kappa shape index (κ3) is 5.37. The molecule has 0 aliphatic heterocycles. The van der Waals surface area contributed by atoms with E-state index in [1.807, 2.05) is 20.8 Å². The van der Waals surface area contributed by atoms with Crippen LogP contribution in [-0.2, 0) is 4.79 Å². The molecule has 142 valence electrons. The van der Waals surface area contributed by atoms with E-state index in [2.05, 4.69) is 5.32 Å². The van der Waals surface area contributed by atoms with E-state index in [0.717, 1.165) is 5.56 Å². The van der Waals surface area contributed by atoms with Crippen molar-refractivity contribution in [2.75, 3.05) is 11.9 Å². The van der Waals surface area contributed by atoms with Crippen LogP contribution in [0.2, 0.25) is 0 Å². The molecule has 0 saturated heterocycles. The number of carbonyl (C=O) groups is 2. The van der Waals surface area contributed by atoms with E-state index in [0.29, 0.717) is 11.3 Å². The van der Waals surface area contributed by atoms with Crippen LogP contribution in [0.3, 0.4) is 0 Å². The molecule has 0 unspecified atom stereocenters. The van der Waals surface area contributed by atoms with Gasteiger partial charge in [0.25, 0.3) is 0 Å². The van der Waals surface area contributed by atoms with Gasteiger partial charge >= 0.3 is 5.69 Å². The fraction of sp³-hybridized carbons (Fsp3) is 0.300. The van der Waals surface area contributed by atoms with E-state index in [9.17, 15) is 19.7 Å². The molecule has 0 saturated carbocycles. The van der Waals surface area contributed by atoms with E-state index in [-0.39, 0.29) is 29.7 Å². The summed E-state index contributed by atoms with van der Waals surface area (Å²) < 4.78 is 5.35. The lowest BCUT2D eigenvalue weighted by atomic mass is 9.95. The van der Waals surface area contributed by atoms with E-state index in [1.54, 1.807) is 37.3 Å². The summed E-state index contributed by atoms with van der Waals surface area (Å²) in [5.41, 5.74) is 1.00. The first-order valence-electron chi connectivity index (χ1n) is 8.40. The van der Waals surface area contributed by atoms with Crippen molar-refractivity contribution in [2.45, 2.75) is 27.7 Å². The van der Waals surface area contributed by atoms with Crippen LogP contribution in [0.25, 0.3) is 0 Å². The molecule has 0 aliphatic rings. The molecule has 0 aliphatic carbocycles. The Balaban J connectivity index is 2.03. The number of nitrogens with one attached hydrogen (secondary N) is 1. The summed E-state index contributed by atoms with van der Waals surface area (Å²) in [4.78, 5) is 34.8. The fourth-order valence-corrected chi connectivity index (χ4v) is 2.18. The zero-order valence-corrected chi connectivity index (χ0v) is 15.7. The van der Waals surface area contributed by atoms with Crippen LogP contribution in [0.1, 0.15) is 36.7 Å². The highest BCUT2D eigenvalue weighted by Gasteiger charge is 2.21. The first-order chi connectivity index (χ1) is 12.6. The number of anilines is 1. The molecule has 0 radical (unpaired) electrons. The number of nitro benzene ring substituents is 1. The van der Waals surface area contributed by atoms with Gasteiger partial charge in [0.2, 0.25) is 5.91 Å².